The number of thiophene rings is 1. The third kappa shape index (κ3) is 5.00. The number of alkyl carbamates (subject to hydrolysis) is 1. The van der Waals surface area contributed by atoms with Gasteiger partial charge in [-0.25, -0.2) is 4.79 Å². The summed E-state index contributed by atoms with van der Waals surface area (Å²) in [4.78, 5) is 14.4. The third-order valence-corrected chi connectivity index (χ3v) is 4.79. The molecule has 21 heavy (non-hydrogen) atoms. The molecule has 0 atom stereocenters. The fourth-order valence-electron chi connectivity index (χ4n) is 2.36. The molecule has 118 valence electrons. The Bertz CT molecular complexity index is 479. The normalized spacial score (nSPS) is 21.8. The Kier molecular flexibility index (Phi) is 4.94. The molecule has 0 aliphatic heterocycles. The fourth-order valence-corrected chi connectivity index (χ4v) is 3.36. The van der Waals surface area contributed by atoms with Gasteiger partial charge in [0, 0.05) is 28.4 Å². The van der Waals surface area contributed by atoms with E-state index in [2.05, 4.69) is 30.5 Å². The smallest absolute Gasteiger partial charge is 0.407 e. The van der Waals surface area contributed by atoms with E-state index in [1.165, 1.54) is 15.3 Å². The van der Waals surface area contributed by atoms with Crippen molar-refractivity contribution >= 4 is 17.4 Å². The first kappa shape index (κ1) is 16.3. The molecule has 1 heterocycles. The second-order valence-corrected chi connectivity index (χ2v) is 8.19. The second-order valence-electron chi connectivity index (χ2n) is 6.84. The van der Waals surface area contributed by atoms with Crippen LogP contribution < -0.4 is 10.6 Å². The maximum absolute atomic E-state index is 11.6. The van der Waals surface area contributed by atoms with Crippen LogP contribution >= 0.6 is 11.3 Å². The summed E-state index contributed by atoms with van der Waals surface area (Å²) in [5, 5.41) is 6.46. The van der Waals surface area contributed by atoms with Crippen LogP contribution in [0.15, 0.2) is 6.07 Å². The van der Waals surface area contributed by atoms with Gasteiger partial charge in [-0.05, 0) is 59.1 Å². The Balaban J connectivity index is 1.64. The Morgan fingerprint density at radius 3 is 2.52 bits per heavy atom. The van der Waals surface area contributed by atoms with Gasteiger partial charge in [0.1, 0.15) is 5.60 Å². The highest BCUT2D eigenvalue weighted by Crippen LogP contribution is 2.24. The lowest BCUT2D eigenvalue weighted by molar-refractivity contribution is 0.0465. The number of carbonyl (C=O) groups excluding carboxylic acids is 1. The molecule has 2 rings (SSSR count). The molecule has 0 bridgehead atoms. The number of carbonyl (C=O) groups is 1. The van der Waals surface area contributed by atoms with E-state index in [1.54, 1.807) is 0 Å². The first-order valence-electron chi connectivity index (χ1n) is 7.52. The van der Waals surface area contributed by atoms with Crippen molar-refractivity contribution in [3.63, 3.8) is 0 Å². The molecule has 5 heteroatoms. The zero-order valence-electron chi connectivity index (χ0n) is 13.6. The molecule has 1 fully saturated rings. The molecule has 2 N–H and O–H groups in total. The summed E-state index contributed by atoms with van der Waals surface area (Å²) in [6.07, 6.45) is 1.64. The number of rotatable bonds is 4. The molecule has 1 aliphatic carbocycles. The predicted octanol–water partition coefficient (Wildman–Crippen LogP) is 3.51. The maximum Gasteiger partial charge on any atom is 0.407 e. The number of aryl methyl sites for hydroxylation is 2. The van der Waals surface area contributed by atoms with Crippen LogP contribution in [0.25, 0.3) is 0 Å². The molecule has 1 aromatic heterocycles. The quantitative estimate of drug-likeness (QED) is 0.895. The van der Waals surface area contributed by atoms with E-state index in [0.717, 1.165) is 19.4 Å². The molecule has 1 amide bonds. The second kappa shape index (κ2) is 6.36. The number of hydrogen-bond acceptors (Lipinski definition) is 4. The standard InChI is InChI=1S/C16H26N2O2S/c1-10-6-14(21-11(10)2)9-17-12-7-13(8-12)18-15(19)20-16(3,4)5/h6,12-13,17H,7-9H2,1-5H3,(H,18,19). The lowest BCUT2D eigenvalue weighted by Gasteiger charge is -2.36. The highest BCUT2D eigenvalue weighted by Gasteiger charge is 2.31. The molecule has 0 aromatic carbocycles. The van der Waals surface area contributed by atoms with Crippen molar-refractivity contribution in [3.05, 3.63) is 21.4 Å². The van der Waals surface area contributed by atoms with Crippen molar-refractivity contribution in [3.8, 4) is 0 Å². The monoisotopic (exact) mass is 310 g/mol. The molecule has 0 saturated heterocycles. The lowest BCUT2D eigenvalue weighted by Crippen LogP contribution is -2.52. The van der Waals surface area contributed by atoms with Gasteiger partial charge in [-0.1, -0.05) is 0 Å². The summed E-state index contributed by atoms with van der Waals surface area (Å²) in [6, 6.07) is 2.99. The summed E-state index contributed by atoms with van der Waals surface area (Å²) >= 11 is 1.86. The molecule has 1 saturated carbocycles. The minimum absolute atomic E-state index is 0.240. The van der Waals surface area contributed by atoms with Crippen LogP contribution in [0.5, 0.6) is 0 Å². The van der Waals surface area contributed by atoms with E-state index >= 15 is 0 Å². The number of amides is 1. The van der Waals surface area contributed by atoms with Crippen LogP contribution in [0.1, 0.15) is 48.9 Å². The van der Waals surface area contributed by atoms with Crippen LogP contribution in [0.4, 0.5) is 4.79 Å². The van der Waals surface area contributed by atoms with Crippen LogP contribution in [0, 0.1) is 13.8 Å². The third-order valence-electron chi connectivity index (χ3n) is 3.64. The van der Waals surface area contributed by atoms with Crippen molar-refractivity contribution in [2.75, 3.05) is 0 Å². The van der Waals surface area contributed by atoms with E-state index in [-0.39, 0.29) is 12.1 Å². The van der Waals surface area contributed by atoms with E-state index in [1.807, 2.05) is 32.1 Å². The topological polar surface area (TPSA) is 50.4 Å². The summed E-state index contributed by atoms with van der Waals surface area (Å²) in [6.45, 7) is 10.9. The van der Waals surface area contributed by atoms with Gasteiger partial charge in [0.05, 0.1) is 0 Å². The SMILES string of the molecule is Cc1cc(CNC2CC(NC(=O)OC(C)(C)C)C2)sc1C. The first-order chi connectivity index (χ1) is 9.73. The lowest BCUT2D eigenvalue weighted by atomic mass is 9.87. The van der Waals surface area contributed by atoms with Gasteiger partial charge in [0.2, 0.25) is 0 Å². The van der Waals surface area contributed by atoms with E-state index in [0.29, 0.717) is 6.04 Å². The minimum atomic E-state index is -0.430. The molecular weight excluding hydrogens is 284 g/mol. The Labute approximate surface area is 131 Å². The van der Waals surface area contributed by atoms with Gasteiger partial charge >= 0.3 is 6.09 Å². The summed E-state index contributed by atoms with van der Waals surface area (Å²) < 4.78 is 5.26. The summed E-state index contributed by atoms with van der Waals surface area (Å²) in [7, 11) is 0. The molecular formula is C16H26N2O2S. The van der Waals surface area contributed by atoms with Crippen LogP contribution in [-0.4, -0.2) is 23.8 Å². The Morgan fingerprint density at radius 1 is 1.33 bits per heavy atom. The predicted molar refractivity (Wildman–Crippen MR) is 86.8 cm³/mol. The van der Waals surface area contributed by atoms with E-state index in [4.69, 9.17) is 4.74 Å². The highest BCUT2D eigenvalue weighted by atomic mass is 32.1. The van der Waals surface area contributed by atoms with Gasteiger partial charge in [-0.3, -0.25) is 0 Å². The molecule has 0 unspecified atom stereocenters. The van der Waals surface area contributed by atoms with Gasteiger partial charge in [0.15, 0.2) is 0 Å². The molecule has 1 aromatic rings. The van der Waals surface area contributed by atoms with E-state index < -0.39 is 5.60 Å². The average Bonchev–Trinajstić information content (AvgIpc) is 2.59. The zero-order chi connectivity index (χ0) is 15.6. The number of ether oxygens (including phenoxy) is 1. The average molecular weight is 310 g/mol. The van der Waals surface area contributed by atoms with Crippen molar-refractivity contribution in [2.24, 2.45) is 0 Å². The van der Waals surface area contributed by atoms with Gasteiger partial charge in [-0.15, -0.1) is 11.3 Å². The number of nitrogens with one attached hydrogen (secondary N) is 2. The first-order valence-corrected chi connectivity index (χ1v) is 8.33. The molecule has 1 aliphatic rings. The molecule has 0 radical (unpaired) electrons. The zero-order valence-corrected chi connectivity index (χ0v) is 14.4. The van der Waals surface area contributed by atoms with E-state index in [9.17, 15) is 4.79 Å². The highest BCUT2D eigenvalue weighted by molar-refractivity contribution is 7.12. The van der Waals surface area contributed by atoms with Crippen molar-refractivity contribution in [2.45, 2.75) is 71.7 Å². The summed E-state index contributed by atoms with van der Waals surface area (Å²) in [5.41, 5.74) is 0.940. The largest absolute Gasteiger partial charge is 0.444 e. The maximum atomic E-state index is 11.6. The Hall–Kier alpha value is -1.07. The van der Waals surface area contributed by atoms with Crippen molar-refractivity contribution in [1.29, 1.82) is 0 Å². The molecule has 4 nitrogen and oxygen atoms in total. The number of hydrogen-bond donors (Lipinski definition) is 2. The minimum Gasteiger partial charge on any atom is -0.444 e. The van der Waals surface area contributed by atoms with Crippen LogP contribution in [-0.2, 0) is 11.3 Å². The van der Waals surface area contributed by atoms with Gasteiger partial charge in [-0.2, -0.15) is 0 Å². The van der Waals surface area contributed by atoms with Crippen molar-refractivity contribution < 1.29 is 9.53 Å². The Morgan fingerprint density at radius 2 is 2.00 bits per heavy atom. The fraction of sp³-hybridized carbons (Fsp3) is 0.688. The van der Waals surface area contributed by atoms with Crippen LogP contribution in [0.2, 0.25) is 0 Å². The van der Waals surface area contributed by atoms with Crippen molar-refractivity contribution in [1.82, 2.24) is 10.6 Å². The van der Waals surface area contributed by atoms with Crippen LogP contribution in [0.3, 0.4) is 0 Å². The molecule has 0 spiro atoms. The van der Waals surface area contributed by atoms with Gasteiger partial charge < -0.3 is 15.4 Å². The van der Waals surface area contributed by atoms with Gasteiger partial charge in [0.25, 0.3) is 0 Å². The summed E-state index contributed by atoms with van der Waals surface area (Å²) in [5.74, 6) is 0.